The maximum absolute atomic E-state index is 11.8. The Kier molecular flexibility index (Phi) is 4.43. The lowest BCUT2D eigenvalue weighted by molar-refractivity contribution is -0.120. The molecule has 4 nitrogen and oxygen atoms in total. The van der Waals surface area contributed by atoms with Crippen LogP contribution < -0.4 is 10.6 Å². The summed E-state index contributed by atoms with van der Waals surface area (Å²) >= 11 is 0. The van der Waals surface area contributed by atoms with E-state index in [1.165, 1.54) is 19.3 Å². The summed E-state index contributed by atoms with van der Waals surface area (Å²) < 4.78 is 0. The molecule has 1 aromatic rings. The largest absolute Gasteiger partial charge is 0.376 e. The molecule has 1 aromatic carbocycles. The lowest BCUT2D eigenvalue weighted by Crippen LogP contribution is -2.57. The molecule has 2 rings (SSSR count). The number of likely N-dealkylation sites (N-methyl/N-ethyl adjacent to an activating group) is 1. The molecule has 4 heteroatoms. The van der Waals surface area contributed by atoms with E-state index in [1.54, 1.807) is 0 Å². The first-order valence-corrected chi connectivity index (χ1v) is 6.85. The number of rotatable bonds is 6. The average Bonchev–Trinajstić information content (AvgIpc) is 2.36. The van der Waals surface area contributed by atoms with E-state index in [-0.39, 0.29) is 11.4 Å². The van der Waals surface area contributed by atoms with Crippen molar-refractivity contribution in [2.75, 3.05) is 32.5 Å². The second kappa shape index (κ2) is 6.06. The summed E-state index contributed by atoms with van der Waals surface area (Å²) in [5, 5.41) is 6.15. The van der Waals surface area contributed by atoms with Gasteiger partial charge in [0, 0.05) is 17.8 Å². The molecule has 2 N–H and O–H groups in total. The van der Waals surface area contributed by atoms with Crippen LogP contribution in [0.4, 0.5) is 5.69 Å². The Morgan fingerprint density at radius 1 is 1.26 bits per heavy atom. The number of hydrogen-bond donors (Lipinski definition) is 2. The molecular weight excluding hydrogens is 238 g/mol. The maximum Gasteiger partial charge on any atom is 0.239 e. The number of hydrogen-bond acceptors (Lipinski definition) is 3. The lowest BCUT2D eigenvalue weighted by atomic mass is 9.75. The van der Waals surface area contributed by atoms with Crippen LogP contribution in [0.3, 0.4) is 0 Å². The van der Waals surface area contributed by atoms with Crippen molar-refractivity contribution >= 4 is 11.6 Å². The minimum absolute atomic E-state index is 0.0528. The molecule has 1 aliphatic rings. The summed E-state index contributed by atoms with van der Waals surface area (Å²) in [5.74, 6) is 0.0528. The van der Waals surface area contributed by atoms with Crippen LogP contribution in [0.15, 0.2) is 30.3 Å². The minimum atomic E-state index is 0.0528. The molecule has 0 aromatic heterocycles. The molecule has 104 valence electrons. The molecule has 19 heavy (non-hydrogen) atoms. The van der Waals surface area contributed by atoms with Crippen LogP contribution in [0.5, 0.6) is 0 Å². The first-order chi connectivity index (χ1) is 9.12. The van der Waals surface area contributed by atoms with Crippen LogP contribution in [-0.4, -0.2) is 43.5 Å². The average molecular weight is 261 g/mol. The van der Waals surface area contributed by atoms with Gasteiger partial charge in [-0.2, -0.15) is 0 Å². The molecule has 0 radical (unpaired) electrons. The molecule has 1 amide bonds. The Bertz CT molecular complexity index is 413. The van der Waals surface area contributed by atoms with Gasteiger partial charge in [-0.15, -0.1) is 0 Å². The predicted molar refractivity (Wildman–Crippen MR) is 78.2 cm³/mol. The molecule has 1 saturated carbocycles. The maximum atomic E-state index is 11.8. The minimum Gasteiger partial charge on any atom is -0.376 e. The Labute approximate surface area is 115 Å². The van der Waals surface area contributed by atoms with E-state index in [1.807, 2.05) is 30.3 Å². The third-order valence-electron chi connectivity index (χ3n) is 4.07. The van der Waals surface area contributed by atoms with Gasteiger partial charge in [0.2, 0.25) is 5.91 Å². The Morgan fingerprint density at radius 3 is 2.47 bits per heavy atom. The lowest BCUT2D eigenvalue weighted by Gasteiger charge is -2.47. The fourth-order valence-electron chi connectivity index (χ4n) is 2.43. The quantitative estimate of drug-likeness (QED) is 0.819. The van der Waals surface area contributed by atoms with Crippen molar-refractivity contribution in [1.29, 1.82) is 0 Å². The van der Waals surface area contributed by atoms with Gasteiger partial charge in [0.15, 0.2) is 0 Å². The van der Waals surface area contributed by atoms with E-state index >= 15 is 0 Å². The van der Waals surface area contributed by atoms with E-state index < -0.39 is 0 Å². The Hall–Kier alpha value is -1.55. The van der Waals surface area contributed by atoms with Crippen LogP contribution >= 0.6 is 0 Å². The fraction of sp³-hybridized carbons (Fsp3) is 0.533. The van der Waals surface area contributed by atoms with Gasteiger partial charge in [-0.1, -0.05) is 18.2 Å². The van der Waals surface area contributed by atoms with Gasteiger partial charge >= 0.3 is 0 Å². The van der Waals surface area contributed by atoms with Crippen molar-refractivity contribution in [3.8, 4) is 0 Å². The zero-order valence-electron chi connectivity index (χ0n) is 11.8. The number of nitrogens with one attached hydrogen (secondary N) is 2. The highest BCUT2D eigenvalue weighted by atomic mass is 16.1. The molecule has 0 aliphatic heterocycles. The summed E-state index contributed by atoms with van der Waals surface area (Å²) in [5.41, 5.74) is 1.16. The normalized spacial score (nSPS) is 16.8. The number of benzene rings is 1. The van der Waals surface area contributed by atoms with Crippen LogP contribution in [0, 0.1) is 0 Å². The third-order valence-corrected chi connectivity index (χ3v) is 4.07. The van der Waals surface area contributed by atoms with Crippen LogP contribution in [0.25, 0.3) is 0 Å². The summed E-state index contributed by atoms with van der Waals surface area (Å²) in [7, 11) is 4.18. The first kappa shape index (κ1) is 13.9. The predicted octanol–water partition coefficient (Wildman–Crippen LogP) is 1.70. The highest BCUT2D eigenvalue weighted by Crippen LogP contribution is 2.35. The second-order valence-electron chi connectivity index (χ2n) is 5.47. The molecule has 0 atom stereocenters. The van der Waals surface area contributed by atoms with Gasteiger partial charge in [0.25, 0.3) is 0 Å². The summed E-state index contributed by atoms with van der Waals surface area (Å²) in [6.07, 6.45) is 3.61. The highest BCUT2D eigenvalue weighted by Gasteiger charge is 2.38. The van der Waals surface area contributed by atoms with Crippen LogP contribution in [0.1, 0.15) is 19.3 Å². The molecular formula is C15H23N3O. The van der Waals surface area contributed by atoms with Gasteiger partial charge in [-0.25, -0.2) is 0 Å². The zero-order valence-corrected chi connectivity index (χ0v) is 11.8. The number of carbonyl (C=O) groups excluding carboxylic acids is 1. The smallest absolute Gasteiger partial charge is 0.239 e. The molecule has 0 heterocycles. The van der Waals surface area contributed by atoms with Crippen molar-refractivity contribution in [3.63, 3.8) is 0 Å². The standard InChI is InChI=1S/C15H23N3O/c1-18(2)15(9-6-10-15)12-17-14(19)11-16-13-7-4-3-5-8-13/h3-5,7-8,16H,6,9-12H2,1-2H3,(H,17,19). The SMILES string of the molecule is CN(C)C1(CNC(=O)CNc2ccccc2)CCC1. The second-order valence-corrected chi connectivity index (χ2v) is 5.47. The van der Waals surface area contributed by atoms with Gasteiger partial charge in [0.05, 0.1) is 6.54 Å². The van der Waals surface area contributed by atoms with Crippen molar-refractivity contribution in [3.05, 3.63) is 30.3 Å². The van der Waals surface area contributed by atoms with Gasteiger partial charge in [-0.3, -0.25) is 4.79 Å². The first-order valence-electron chi connectivity index (χ1n) is 6.85. The molecule has 0 unspecified atom stereocenters. The summed E-state index contributed by atoms with van der Waals surface area (Å²) in [6.45, 7) is 1.07. The number of anilines is 1. The van der Waals surface area contributed by atoms with Gasteiger partial charge in [0.1, 0.15) is 0 Å². The molecule has 1 fully saturated rings. The number of para-hydroxylation sites is 1. The molecule has 1 aliphatic carbocycles. The van der Waals surface area contributed by atoms with E-state index in [0.717, 1.165) is 12.2 Å². The fourth-order valence-corrected chi connectivity index (χ4v) is 2.43. The van der Waals surface area contributed by atoms with Crippen molar-refractivity contribution in [2.45, 2.75) is 24.8 Å². The molecule has 0 saturated heterocycles. The summed E-state index contributed by atoms with van der Waals surface area (Å²) in [4.78, 5) is 14.1. The molecule has 0 bridgehead atoms. The van der Waals surface area contributed by atoms with Crippen molar-refractivity contribution in [2.24, 2.45) is 0 Å². The Morgan fingerprint density at radius 2 is 1.95 bits per heavy atom. The van der Waals surface area contributed by atoms with Gasteiger partial charge in [-0.05, 0) is 45.5 Å². The van der Waals surface area contributed by atoms with E-state index in [2.05, 4.69) is 29.6 Å². The number of nitrogens with zero attached hydrogens (tertiary/aromatic N) is 1. The van der Waals surface area contributed by atoms with Crippen molar-refractivity contribution < 1.29 is 4.79 Å². The number of amides is 1. The Balaban J connectivity index is 1.73. The van der Waals surface area contributed by atoms with E-state index in [9.17, 15) is 4.79 Å². The summed E-state index contributed by atoms with van der Waals surface area (Å²) in [6, 6.07) is 9.79. The highest BCUT2D eigenvalue weighted by molar-refractivity contribution is 5.80. The monoisotopic (exact) mass is 261 g/mol. The topological polar surface area (TPSA) is 44.4 Å². The van der Waals surface area contributed by atoms with E-state index in [4.69, 9.17) is 0 Å². The van der Waals surface area contributed by atoms with Crippen LogP contribution in [-0.2, 0) is 4.79 Å². The zero-order chi connectivity index (χ0) is 13.7. The van der Waals surface area contributed by atoms with Gasteiger partial charge < -0.3 is 15.5 Å². The number of carbonyl (C=O) groups is 1. The molecule has 0 spiro atoms. The van der Waals surface area contributed by atoms with Crippen LogP contribution in [0.2, 0.25) is 0 Å². The van der Waals surface area contributed by atoms with E-state index in [0.29, 0.717) is 6.54 Å². The third kappa shape index (κ3) is 3.47. The van der Waals surface area contributed by atoms with Crippen molar-refractivity contribution in [1.82, 2.24) is 10.2 Å².